The summed E-state index contributed by atoms with van der Waals surface area (Å²) in [6.07, 6.45) is 8.28. The Morgan fingerprint density at radius 1 is 1.17 bits per heavy atom. The van der Waals surface area contributed by atoms with Crippen molar-refractivity contribution in [2.24, 2.45) is 0 Å². The zero-order valence-corrected chi connectivity index (χ0v) is 13.8. The number of fused-ring (bicyclic) bond motifs is 1. The quantitative estimate of drug-likeness (QED) is 0.737. The molecule has 5 heteroatoms. The third kappa shape index (κ3) is 2.89. The van der Waals surface area contributed by atoms with Gasteiger partial charge in [0.15, 0.2) is 5.82 Å². The van der Waals surface area contributed by atoms with Crippen molar-refractivity contribution < 1.29 is 4.42 Å². The van der Waals surface area contributed by atoms with Crippen molar-refractivity contribution in [1.82, 2.24) is 15.0 Å². The van der Waals surface area contributed by atoms with Crippen LogP contribution in [0.2, 0.25) is 0 Å². The second-order valence-corrected chi connectivity index (χ2v) is 6.02. The smallest absolute Gasteiger partial charge is 0.161 e. The standard InChI is InChI=1S/C19H20N4O/c1-2-16-12-18(22-19(21-16)14-5-8-20-9-6-14)23-10-3-4-17-15(13-23)7-11-24-17/h5-9,11-12H,2-4,10,13H2,1H3. The zero-order valence-electron chi connectivity index (χ0n) is 13.8. The Morgan fingerprint density at radius 2 is 2.04 bits per heavy atom. The van der Waals surface area contributed by atoms with Crippen LogP contribution in [0.15, 0.2) is 47.3 Å². The highest BCUT2D eigenvalue weighted by Gasteiger charge is 2.19. The van der Waals surface area contributed by atoms with E-state index in [4.69, 9.17) is 14.4 Å². The molecule has 122 valence electrons. The number of hydrogen-bond acceptors (Lipinski definition) is 5. The van der Waals surface area contributed by atoms with Gasteiger partial charge in [-0.3, -0.25) is 4.98 Å². The molecule has 0 atom stereocenters. The van der Waals surface area contributed by atoms with E-state index in [2.05, 4.69) is 28.9 Å². The zero-order chi connectivity index (χ0) is 16.4. The van der Waals surface area contributed by atoms with E-state index in [-0.39, 0.29) is 0 Å². The molecule has 1 aliphatic rings. The molecule has 0 saturated carbocycles. The van der Waals surface area contributed by atoms with E-state index in [9.17, 15) is 0 Å². The number of aryl methyl sites for hydroxylation is 2. The monoisotopic (exact) mass is 320 g/mol. The maximum atomic E-state index is 5.59. The van der Waals surface area contributed by atoms with Crippen molar-refractivity contribution in [2.45, 2.75) is 32.7 Å². The summed E-state index contributed by atoms with van der Waals surface area (Å²) in [5.41, 5.74) is 3.32. The topological polar surface area (TPSA) is 55.1 Å². The Morgan fingerprint density at radius 3 is 2.88 bits per heavy atom. The highest BCUT2D eigenvalue weighted by Crippen LogP contribution is 2.26. The van der Waals surface area contributed by atoms with Crippen molar-refractivity contribution in [1.29, 1.82) is 0 Å². The molecule has 24 heavy (non-hydrogen) atoms. The minimum atomic E-state index is 0.767. The number of furan rings is 1. The van der Waals surface area contributed by atoms with Gasteiger partial charge in [0.25, 0.3) is 0 Å². The van der Waals surface area contributed by atoms with E-state index in [0.29, 0.717) is 0 Å². The predicted molar refractivity (Wildman–Crippen MR) is 92.7 cm³/mol. The lowest BCUT2D eigenvalue weighted by atomic mass is 10.2. The van der Waals surface area contributed by atoms with Crippen LogP contribution in [0.25, 0.3) is 11.4 Å². The first-order valence-corrected chi connectivity index (χ1v) is 8.42. The van der Waals surface area contributed by atoms with Gasteiger partial charge < -0.3 is 9.32 Å². The minimum absolute atomic E-state index is 0.767. The molecule has 4 heterocycles. The van der Waals surface area contributed by atoms with Crippen LogP contribution >= 0.6 is 0 Å². The van der Waals surface area contributed by atoms with Gasteiger partial charge in [0.05, 0.1) is 6.26 Å². The summed E-state index contributed by atoms with van der Waals surface area (Å²) >= 11 is 0. The number of anilines is 1. The van der Waals surface area contributed by atoms with Crippen LogP contribution < -0.4 is 4.90 Å². The van der Waals surface area contributed by atoms with E-state index >= 15 is 0 Å². The summed E-state index contributed by atoms with van der Waals surface area (Å²) in [7, 11) is 0. The van der Waals surface area contributed by atoms with E-state index < -0.39 is 0 Å². The van der Waals surface area contributed by atoms with Crippen molar-refractivity contribution in [3.05, 3.63) is 59.9 Å². The molecule has 5 nitrogen and oxygen atoms in total. The summed E-state index contributed by atoms with van der Waals surface area (Å²) in [6.45, 7) is 3.93. The van der Waals surface area contributed by atoms with Crippen molar-refractivity contribution >= 4 is 5.82 Å². The second kappa shape index (κ2) is 6.43. The van der Waals surface area contributed by atoms with E-state index in [1.807, 2.05) is 12.1 Å². The van der Waals surface area contributed by atoms with Crippen molar-refractivity contribution in [3.8, 4) is 11.4 Å². The van der Waals surface area contributed by atoms with Gasteiger partial charge in [0, 0.05) is 54.8 Å². The summed E-state index contributed by atoms with van der Waals surface area (Å²) in [4.78, 5) is 15.9. The summed E-state index contributed by atoms with van der Waals surface area (Å²) in [5, 5.41) is 0. The lowest BCUT2D eigenvalue weighted by molar-refractivity contribution is 0.504. The number of nitrogens with zero attached hydrogens (tertiary/aromatic N) is 4. The summed E-state index contributed by atoms with van der Waals surface area (Å²) in [6, 6.07) is 8.08. The molecule has 0 spiro atoms. The lowest BCUT2D eigenvalue weighted by Crippen LogP contribution is -2.24. The summed E-state index contributed by atoms with van der Waals surface area (Å²) in [5.74, 6) is 2.86. The Bertz CT molecular complexity index is 828. The fraction of sp³-hybridized carbons (Fsp3) is 0.316. The molecule has 0 radical (unpaired) electrons. The average Bonchev–Trinajstić information content (AvgIpc) is 2.98. The Kier molecular flexibility index (Phi) is 3.99. The molecular weight excluding hydrogens is 300 g/mol. The number of hydrogen-bond donors (Lipinski definition) is 0. The number of aromatic nitrogens is 3. The highest BCUT2D eigenvalue weighted by atomic mass is 16.3. The first kappa shape index (κ1) is 14.9. The minimum Gasteiger partial charge on any atom is -0.469 e. The van der Waals surface area contributed by atoms with Gasteiger partial charge in [0.1, 0.15) is 11.6 Å². The van der Waals surface area contributed by atoms with Crippen LogP contribution in [0.5, 0.6) is 0 Å². The molecule has 0 fully saturated rings. The fourth-order valence-corrected chi connectivity index (χ4v) is 3.09. The second-order valence-electron chi connectivity index (χ2n) is 6.02. The molecule has 0 aliphatic carbocycles. The van der Waals surface area contributed by atoms with Crippen molar-refractivity contribution in [2.75, 3.05) is 11.4 Å². The van der Waals surface area contributed by atoms with E-state index in [0.717, 1.165) is 61.0 Å². The molecule has 3 aromatic heterocycles. The number of rotatable bonds is 3. The van der Waals surface area contributed by atoms with Crippen LogP contribution in [0.4, 0.5) is 5.82 Å². The molecule has 0 bridgehead atoms. The lowest BCUT2D eigenvalue weighted by Gasteiger charge is -2.22. The third-order valence-corrected chi connectivity index (χ3v) is 4.42. The maximum Gasteiger partial charge on any atom is 0.161 e. The van der Waals surface area contributed by atoms with Gasteiger partial charge >= 0.3 is 0 Å². The maximum absolute atomic E-state index is 5.59. The molecule has 0 unspecified atom stereocenters. The normalized spacial score (nSPS) is 14.3. The molecular formula is C19H20N4O. The van der Waals surface area contributed by atoms with Gasteiger partial charge in [-0.05, 0) is 31.0 Å². The SMILES string of the molecule is CCc1cc(N2CCCc3occc3C2)nc(-c2ccncc2)n1. The Hall–Kier alpha value is -2.69. The first-order valence-electron chi connectivity index (χ1n) is 8.42. The van der Waals surface area contributed by atoms with Gasteiger partial charge in [-0.25, -0.2) is 9.97 Å². The Balaban J connectivity index is 1.72. The van der Waals surface area contributed by atoms with Gasteiger partial charge in [-0.2, -0.15) is 0 Å². The highest BCUT2D eigenvalue weighted by molar-refractivity contribution is 5.57. The largest absolute Gasteiger partial charge is 0.469 e. The molecule has 0 aromatic carbocycles. The first-order chi connectivity index (χ1) is 11.8. The molecule has 0 amide bonds. The van der Waals surface area contributed by atoms with Gasteiger partial charge in [-0.15, -0.1) is 0 Å². The van der Waals surface area contributed by atoms with E-state index in [1.54, 1.807) is 18.7 Å². The Labute approximate surface area is 141 Å². The molecule has 4 rings (SSSR count). The molecule has 1 aliphatic heterocycles. The van der Waals surface area contributed by atoms with Gasteiger partial charge in [0.2, 0.25) is 0 Å². The van der Waals surface area contributed by atoms with Crippen LogP contribution in [0.3, 0.4) is 0 Å². The van der Waals surface area contributed by atoms with E-state index in [1.165, 1.54) is 5.56 Å². The predicted octanol–water partition coefficient (Wildman–Crippen LogP) is 3.65. The van der Waals surface area contributed by atoms with Crippen LogP contribution in [-0.2, 0) is 19.4 Å². The van der Waals surface area contributed by atoms with Crippen LogP contribution in [0, 0.1) is 0 Å². The molecule has 3 aromatic rings. The molecule has 0 N–H and O–H groups in total. The van der Waals surface area contributed by atoms with Crippen molar-refractivity contribution in [3.63, 3.8) is 0 Å². The third-order valence-electron chi connectivity index (χ3n) is 4.42. The van der Waals surface area contributed by atoms with Crippen LogP contribution in [-0.4, -0.2) is 21.5 Å². The average molecular weight is 320 g/mol. The fourth-order valence-electron chi connectivity index (χ4n) is 3.09. The van der Waals surface area contributed by atoms with Gasteiger partial charge in [-0.1, -0.05) is 6.92 Å². The summed E-state index contributed by atoms with van der Waals surface area (Å²) < 4.78 is 5.59. The number of pyridine rings is 1. The molecule has 0 saturated heterocycles. The van der Waals surface area contributed by atoms with Crippen LogP contribution in [0.1, 0.15) is 30.4 Å².